The van der Waals surface area contributed by atoms with Gasteiger partial charge in [0.05, 0.1) is 6.04 Å². The number of anilines is 1. The van der Waals surface area contributed by atoms with Crippen LogP contribution in [-0.4, -0.2) is 93.4 Å². The van der Waals surface area contributed by atoms with E-state index in [4.69, 9.17) is 16.2 Å². The van der Waals surface area contributed by atoms with Gasteiger partial charge < -0.3 is 46.9 Å². The van der Waals surface area contributed by atoms with E-state index in [1.165, 1.54) is 9.80 Å². The highest BCUT2D eigenvalue weighted by Gasteiger charge is 2.45. The molecule has 1 aliphatic heterocycles. The van der Waals surface area contributed by atoms with E-state index in [0.717, 1.165) is 27.6 Å². The highest BCUT2D eigenvalue weighted by molar-refractivity contribution is 5.94. The van der Waals surface area contributed by atoms with Gasteiger partial charge in [0, 0.05) is 55.1 Å². The molecular weight excluding hydrogens is 741 g/mol. The number of nitrogens with zero attached hydrogens (tertiary/aromatic N) is 2. The quantitative estimate of drug-likeness (QED) is 0.0851. The zero-order valence-electron chi connectivity index (χ0n) is 33.5. The Morgan fingerprint density at radius 1 is 0.914 bits per heavy atom. The maximum Gasteiger partial charge on any atom is 0.408 e. The molecular formula is C43H54N8O7. The molecule has 7 amide bonds. The van der Waals surface area contributed by atoms with Crippen LogP contribution in [0.2, 0.25) is 0 Å². The van der Waals surface area contributed by atoms with Gasteiger partial charge in [0.1, 0.15) is 23.7 Å². The van der Waals surface area contributed by atoms with Crippen molar-refractivity contribution >= 4 is 52.3 Å². The minimum absolute atomic E-state index is 0.00624. The number of nitrogens with one attached hydrogen (secondary N) is 4. The van der Waals surface area contributed by atoms with Crippen LogP contribution in [0.4, 0.5) is 15.3 Å². The van der Waals surface area contributed by atoms with Crippen molar-refractivity contribution < 1.29 is 33.5 Å². The van der Waals surface area contributed by atoms with E-state index < -0.39 is 65.5 Å². The number of amides is 7. The molecule has 15 heteroatoms. The number of benzene rings is 3. The number of aromatic amines is 1. The minimum atomic E-state index is -1.26. The van der Waals surface area contributed by atoms with Crippen molar-refractivity contribution in [2.75, 3.05) is 18.4 Å². The fourth-order valence-corrected chi connectivity index (χ4v) is 7.30. The normalized spacial score (nSPS) is 15.6. The smallest absolute Gasteiger partial charge is 0.408 e. The number of primary amides is 2. The fraction of sp³-hybridized carbons (Fsp3) is 0.395. The van der Waals surface area contributed by atoms with Crippen LogP contribution in [0.3, 0.4) is 0 Å². The Hall–Kier alpha value is -6.38. The lowest BCUT2D eigenvalue weighted by molar-refractivity contribution is -0.144. The fourth-order valence-electron chi connectivity index (χ4n) is 7.30. The first kappa shape index (κ1) is 42.8. The molecule has 8 N–H and O–H groups in total. The maximum atomic E-state index is 15.1. The summed E-state index contributed by atoms with van der Waals surface area (Å²) in [5.74, 6) is -2.62. The van der Waals surface area contributed by atoms with Crippen LogP contribution in [-0.2, 0) is 36.8 Å². The monoisotopic (exact) mass is 794 g/mol. The van der Waals surface area contributed by atoms with Gasteiger partial charge in [-0.05, 0) is 75.8 Å². The SMILES string of the molecule is Cc1ccccc1NC(=O)NCCCC[C@@H](C(N)=O)N(C(=O)[C@H](Cc1c[nH]c2ccccc12)NC(=O)OC(C)(C)C)[C@@H]1CC(=O)N([C@@H](Cc2ccccc2)C(N)=O)C1. The second kappa shape index (κ2) is 19.2. The molecule has 58 heavy (non-hydrogen) atoms. The molecule has 0 bridgehead atoms. The van der Waals surface area contributed by atoms with E-state index in [0.29, 0.717) is 18.5 Å². The molecule has 4 aromatic rings. The van der Waals surface area contributed by atoms with E-state index in [1.807, 2.05) is 79.7 Å². The van der Waals surface area contributed by atoms with Crippen molar-refractivity contribution in [3.63, 3.8) is 0 Å². The Morgan fingerprint density at radius 2 is 1.60 bits per heavy atom. The minimum Gasteiger partial charge on any atom is -0.444 e. The van der Waals surface area contributed by atoms with E-state index in [1.54, 1.807) is 33.0 Å². The first-order valence-electron chi connectivity index (χ1n) is 19.5. The second-order valence-corrected chi connectivity index (χ2v) is 15.6. The number of fused-ring (bicyclic) bond motifs is 1. The third-order valence-corrected chi connectivity index (χ3v) is 10.1. The molecule has 0 saturated carbocycles. The van der Waals surface area contributed by atoms with Crippen molar-refractivity contribution in [2.24, 2.45) is 11.5 Å². The van der Waals surface area contributed by atoms with Gasteiger partial charge in [-0.15, -0.1) is 0 Å². The molecule has 0 aliphatic carbocycles. The van der Waals surface area contributed by atoms with Crippen LogP contribution in [0.15, 0.2) is 85.1 Å². The number of aryl methyl sites for hydroxylation is 1. The van der Waals surface area contributed by atoms with Gasteiger partial charge in [-0.3, -0.25) is 19.2 Å². The lowest BCUT2D eigenvalue weighted by Crippen LogP contribution is -2.60. The van der Waals surface area contributed by atoms with Crippen LogP contribution in [0.1, 0.15) is 63.1 Å². The molecule has 3 aromatic carbocycles. The molecule has 1 aliphatic rings. The van der Waals surface area contributed by atoms with Crippen LogP contribution < -0.4 is 27.4 Å². The van der Waals surface area contributed by atoms with Crippen LogP contribution >= 0.6 is 0 Å². The summed E-state index contributed by atoms with van der Waals surface area (Å²) in [4.78, 5) is 87.0. The molecule has 0 radical (unpaired) electrons. The average Bonchev–Trinajstić information content (AvgIpc) is 3.75. The highest BCUT2D eigenvalue weighted by Crippen LogP contribution is 2.28. The number of alkyl carbamates (subject to hydrolysis) is 1. The Balaban J connectivity index is 1.42. The number of unbranched alkanes of at least 4 members (excludes halogenated alkanes) is 1. The molecule has 5 rings (SSSR count). The highest BCUT2D eigenvalue weighted by atomic mass is 16.6. The van der Waals surface area contributed by atoms with Gasteiger partial charge in [0.2, 0.25) is 23.6 Å². The van der Waals surface area contributed by atoms with Gasteiger partial charge >= 0.3 is 12.1 Å². The van der Waals surface area contributed by atoms with Crippen molar-refractivity contribution in [3.05, 3.63) is 102 Å². The summed E-state index contributed by atoms with van der Waals surface area (Å²) in [6.45, 7) is 7.13. The number of urea groups is 1. The molecule has 0 spiro atoms. The Labute approximate surface area is 338 Å². The average molecular weight is 795 g/mol. The van der Waals surface area contributed by atoms with Crippen molar-refractivity contribution in [1.29, 1.82) is 0 Å². The zero-order valence-corrected chi connectivity index (χ0v) is 33.5. The third kappa shape index (κ3) is 11.4. The number of rotatable bonds is 17. The maximum absolute atomic E-state index is 15.1. The zero-order chi connectivity index (χ0) is 42.0. The number of nitrogens with two attached hydrogens (primary N) is 2. The van der Waals surface area contributed by atoms with Gasteiger partial charge in [-0.25, -0.2) is 9.59 Å². The number of ether oxygens (including phenoxy) is 1. The molecule has 1 saturated heterocycles. The molecule has 0 unspecified atom stereocenters. The standard InChI is InChI=1S/C43H54N8O7/c1-27-14-8-10-18-32(27)48-41(56)46-21-13-12-20-35(38(44)53)51(30-24-37(52)50(26-30)36(39(45)54)22-28-15-6-5-7-16-28)40(55)34(49-42(57)58-43(2,3)4)23-29-25-47-33-19-11-9-17-31(29)33/h5-11,14-19,25,30,34-36,47H,12-13,20-24,26H2,1-4H3,(H2,44,53)(H2,45,54)(H,49,57)(H2,46,48,56)/t30-,34+,35+,36+/m1/s1. The van der Waals surface area contributed by atoms with Gasteiger partial charge in [-0.1, -0.05) is 66.7 Å². The van der Waals surface area contributed by atoms with E-state index in [-0.39, 0.29) is 38.8 Å². The lowest BCUT2D eigenvalue weighted by atomic mass is 9.99. The van der Waals surface area contributed by atoms with E-state index in [9.17, 15) is 24.0 Å². The largest absolute Gasteiger partial charge is 0.444 e. The molecule has 1 fully saturated rings. The van der Waals surface area contributed by atoms with Crippen LogP contribution in [0.5, 0.6) is 0 Å². The van der Waals surface area contributed by atoms with Crippen molar-refractivity contribution in [3.8, 4) is 0 Å². The Kier molecular flexibility index (Phi) is 14.1. The number of carbonyl (C=O) groups excluding carboxylic acids is 6. The first-order chi connectivity index (χ1) is 27.6. The molecule has 2 heterocycles. The number of aromatic nitrogens is 1. The number of hydrogen-bond acceptors (Lipinski definition) is 7. The number of H-pyrrole nitrogens is 1. The third-order valence-electron chi connectivity index (χ3n) is 10.1. The first-order valence-corrected chi connectivity index (χ1v) is 19.5. The van der Waals surface area contributed by atoms with Crippen LogP contribution in [0.25, 0.3) is 10.9 Å². The van der Waals surface area contributed by atoms with Gasteiger partial charge in [0.15, 0.2) is 0 Å². The van der Waals surface area contributed by atoms with E-state index >= 15 is 4.79 Å². The van der Waals surface area contributed by atoms with Gasteiger partial charge in [0.25, 0.3) is 0 Å². The van der Waals surface area contributed by atoms with Crippen LogP contribution in [0, 0.1) is 6.92 Å². The summed E-state index contributed by atoms with van der Waals surface area (Å²) in [5, 5.41) is 9.20. The topological polar surface area (TPSA) is 222 Å². The molecule has 4 atom stereocenters. The Bertz CT molecular complexity index is 2100. The molecule has 15 nitrogen and oxygen atoms in total. The predicted octanol–water partition coefficient (Wildman–Crippen LogP) is 4.28. The summed E-state index contributed by atoms with van der Waals surface area (Å²) < 4.78 is 5.57. The molecule has 308 valence electrons. The van der Waals surface area contributed by atoms with Gasteiger partial charge in [-0.2, -0.15) is 0 Å². The number of hydrogen-bond donors (Lipinski definition) is 6. The van der Waals surface area contributed by atoms with E-state index in [2.05, 4.69) is 20.9 Å². The summed E-state index contributed by atoms with van der Waals surface area (Å²) in [7, 11) is 0. The summed E-state index contributed by atoms with van der Waals surface area (Å²) >= 11 is 0. The summed E-state index contributed by atoms with van der Waals surface area (Å²) in [6, 6.07) is 19.2. The number of para-hydroxylation sites is 2. The predicted molar refractivity (Wildman–Crippen MR) is 220 cm³/mol. The van der Waals surface area contributed by atoms with Crippen molar-refractivity contribution in [2.45, 2.75) is 96.0 Å². The second-order valence-electron chi connectivity index (χ2n) is 15.6. The lowest BCUT2D eigenvalue weighted by Gasteiger charge is -2.37. The number of carbonyl (C=O) groups is 6. The summed E-state index contributed by atoms with van der Waals surface area (Å²) in [5.41, 5.74) is 15.0. The summed E-state index contributed by atoms with van der Waals surface area (Å²) in [6.07, 6.45) is 1.71. The number of likely N-dealkylation sites (tertiary alicyclic amines) is 1. The Morgan fingerprint density at radius 3 is 2.29 bits per heavy atom. The molecule has 1 aromatic heterocycles. The van der Waals surface area contributed by atoms with Crippen molar-refractivity contribution in [1.82, 2.24) is 25.4 Å².